The van der Waals surface area contributed by atoms with Gasteiger partial charge < -0.3 is 17.2 Å². The van der Waals surface area contributed by atoms with E-state index in [1.165, 1.54) is 31.2 Å². The second-order valence-corrected chi connectivity index (χ2v) is 4.51. The first-order valence-electron chi connectivity index (χ1n) is 6.61. The number of nitrogens with two attached hydrogens (primary N) is 3. The summed E-state index contributed by atoms with van der Waals surface area (Å²) < 4.78 is 0. The van der Waals surface area contributed by atoms with Crippen LogP contribution in [0.2, 0.25) is 0 Å². The molecule has 1 aromatic carbocycles. The summed E-state index contributed by atoms with van der Waals surface area (Å²) in [7, 11) is 0. The first-order chi connectivity index (χ1) is 8.72. The highest BCUT2D eigenvalue weighted by Crippen LogP contribution is 2.16. The fraction of sp³-hybridized carbons (Fsp3) is 0.500. The van der Waals surface area contributed by atoms with Crippen LogP contribution in [0.3, 0.4) is 0 Å². The zero-order valence-corrected chi connectivity index (χ0v) is 10.9. The molecule has 0 saturated heterocycles. The molecule has 4 heteroatoms. The van der Waals surface area contributed by atoms with Gasteiger partial charge in [-0.15, -0.1) is 0 Å². The molecule has 0 heterocycles. The normalized spacial score (nSPS) is 10.3. The summed E-state index contributed by atoms with van der Waals surface area (Å²) in [5.41, 5.74) is 18.3. The molecule has 0 saturated carbocycles. The number of nitrogens with zero attached hydrogens (tertiary/aromatic N) is 1. The molecule has 1 rings (SSSR count). The molecule has 0 unspecified atom stereocenters. The summed E-state index contributed by atoms with van der Waals surface area (Å²) in [4.78, 5) is 4.05. The molecule has 0 spiro atoms. The molecule has 0 radical (unpaired) electrons. The van der Waals surface area contributed by atoms with Crippen molar-refractivity contribution in [3.05, 3.63) is 29.8 Å². The fourth-order valence-corrected chi connectivity index (χ4v) is 1.93. The van der Waals surface area contributed by atoms with E-state index in [1.54, 1.807) is 0 Å². The molecule has 0 amide bonds. The van der Waals surface area contributed by atoms with Crippen LogP contribution in [0.4, 0.5) is 5.69 Å². The first-order valence-corrected chi connectivity index (χ1v) is 6.61. The van der Waals surface area contributed by atoms with Crippen molar-refractivity contribution in [3.8, 4) is 0 Å². The summed E-state index contributed by atoms with van der Waals surface area (Å²) in [6, 6.07) is 8.06. The van der Waals surface area contributed by atoms with Crippen molar-refractivity contribution >= 4 is 11.6 Å². The van der Waals surface area contributed by atoms with Gasteiger partial charge in [0.1, 0.15) is 0 Å². The molecule has 0 aliphatic rings. The van der Waals surface area contributed by atoms with Crippen LogP contribution in [-0.2, 0) is 6.42 Å². The monoisotopic (exact) mass is 248 g/mol. The molecule has 0 aromatic heterocycles. The number of rotatable bonds is 8. The van der Waals surface area contributed by atoms with Gasteiger partial charge in [-0.25, -0.2) is 4.99 Å². The van der Waals surface area contributed by atoms with E-state index in [-0.39, 0.29) is 5.96 Å². The van der Waals surface area contributed by atoms with E-state index in [1.807, 2.05) is 18.2 Å². The molecule has 0 aliphatic carbocycles. The Kier molecular flexibility index (Phi) is 6.87. The molecular weight excluding hydrogens is 224 g/mol. The molecule has 0 aliphatic heterocycles. The van der Waals surface area contributed by atoms with E-state index in [0.29, 0.717) is 0 Å². The van der Waals surface area contributed by atoms with Crippen LogP contribution in [0.15, 0.2) is 29.3 Å². The number of unbranched alkanes of at least 4 members (excludes halogenated alkanes) is 4. The second kappa shape index (κ2) is 8.53. The lowest BCUT2D eigenvalue weighted by Crippen LogP contribution is -2.21. The predicted octanol–water partition coefficient (Wildman–Crippen LogP) is 2.04. The van der Waals surface area contributed by atoms with Gasteiger partial charge in [0.25, 0.3) is 0 Å². The van der Waals surface area contributed by atoms with Gasteiger partial charge in [0.15, 0.2) is 5.96 Å². The maximum Gasteiger partial charge on any atom is 0.191 e. The Morgan fingerprint density at radius 3 is 2.44 bits per heavy atom. The minimum absolute atomic E-state index is 0.105. The number of hydrogen-bond donors (Lipinski definition) is 3. The third-order valence-corrected chi connectivity index (χ3v) is 2.84. The van der Waals surface area contributed by atoms with Crippen molar-refractivity contribution in [2.24, 2.45) is 22.2 Å². The van der Waals surface area contributed by atoms with E-state index in [4.69, 9.17) is 17.2 Å². The number of aryl methyl sites for hydroxylation is 1. The second-order valence-electron chi connectivity index (χ2n) is 4.51. The predicted molar refractivity (Wildman–Crippen MR) is 77.8 cm³/mol. The molecule has 1 aromatic rings. The third-order valence-electron chi connectivity index (χ3n) is 2.84. The minimum Gasteiger partial charge on any atom is -0.370 e. The molecular formula is C14H24N4. The third kappa shape index (κ3) is 6.25. The van der Waals surface area contributed by atoms with Crippen LogP contribution in [0, 0.1) is 0 Å². The van der Waals surface area contributed by atoms with E-state index >= 15 is 0 Å². The zero-order valence-electron chi connectivity index (χ0n) is 10.9. The molecule has 100 valence electrons. The number of benzene rings is 1. The zero-order chi connectivity index (χ0) is 13.2. The number of guanidine groups is 1. The van der Waals surface area contributed by atoms with Crippen molar-refractivity contribution in [3.63, 3.8) is 0 Å². The van der Waals surface area contributed by atoms with Gasteiger partial charge in [0.05, 0.1) is 5.69 Å². The van der Waals surface area contributed by atoms with Crippen LogP contribution in [0.25, 0.3) is 0 Å². The van der Waals surface area contributed by atoms with E-state index in [9.17, 15) is 0 Å². The van der Waals surface area contributed by atoms with E-state index in [0.717, 1.165) is 25.1 Å². The van der Waals surface area contributed by atoms with Crippen LogP contribution in [0.1, 0.15) is 37.7 Å². The van der Waals surface area contributed by atoms with Crippen molar-refractivity contribution in [2.45, 2.75) is 38.5 Å². The van der Waals surface area contributed by atoms with Crippen LogP contribution < -0.4 is 17.2 Å². The standard InChI is InChI=1S/C14H24N4/c15-10-5-3-1-2-4-7-12-8-6-9-13(11-12)18-14(16)17/h6,8-9,11H,1-5,7,10,15H2,(H4,16,17,18). The highest BCUT2D eigenvalue weighted by atomic mass is 15.0. The molecule has 18 heavy (non-hydrogen) atoms. The highest BCUT2D eigenvalue weighted by molar-refractivity contribution is 5.79. The Morgan fingerprint density at radius 2 is 1.72 bits per heavy atom. The minimum atomic E-state index is 0.105. The molecule has 0 atom stereocenters. The molecule has 0 fully saturated rings. The Morgan fingerprint density at radius 1 is 1.00 bits per heavy atom. The quantitative estimate of drug-likeness (QED) is 0.373. The van der Waals surface area contributed by atoms with Crippen LogP contribution in [-0.4, -0.2) is 12.5 Å². The average molecular weight is 248 g/mol. The molecule has 4 nitrogen and oxygen atoms in total. The Labute approximate surface area is 109 Å². The molecule has 0 bridgehead atoms. The summed E-state index contributed by atoms with van der Waals surface area (Å²) in [6.07, 6.45) is 7.19. The van der Waals surface area contributed by atoms with Crippen LogP contribution in [0.5, 0.6) is 0 Å². The van der Waals surface area contributed by atoms with Gasteiger partial charge in [0.2, 0.25) is 0 Å². The van der Waals surface area contributed by atoms with Crippen molar-refractivity contribution in [2.75, 3.05) is 6.54 Å². The largest absolute Gasteiger partial charge is 0.370 e. The lowest BCUT2D eigenvalue weighted by atomic mass is 10.0. The summed E-state index contributed by atoms with van der Waals surface area (Å²) in [6.45, 7) is 0.806. The maximum absolute atomic E-state index is 5.46. The SMILES string of the molecule is NCCCCCCCc1cccc(N=C(N)N)c1. The van der Waals surface area contributed by atoms with Gasteiger partial charge in [0, 0.05) is 0 Å². The number of hydrogen-bond acceptors (Lipinski definition) is 2. The summed E-state index contributed by atoms with van der Waals surface area (Å²) in [5, 5.41) is 0. The summed E-state index contributed by atoms with van der Waals surface area (Å²) >= 11 is 0. The van der Waals surface area contributed by atoms with Gasteiger partial charge in [-0.05, 0) is 43.5 Å². The molecule has 6 N–H and O–H groups in total. The van der Waals surface area contributed by atoms with Crippen molar-refractivity contribution in [1.29, 1.82) is 0 Å². The summed E-state index contributed by atoms with van der Waals surface area (Å²) in [5.74, 6) is 0.105. The van der Waals surface area contributed by atoms with Crippen molar-refractivity contribution < 1.29 is 0 Å². The van der Waals surface area contributed by atoms with E-state index in [2.05, 4.69) is 11.1 Å². The van der Waals surface area contributed by atoms with Crippen molar-refractivity contribution in [1.82, 2.24) is 0 Å². The van der Waals surface area contributed by atoms with Crippen LogP contribution >= 0.6 is 0 Å². The maximum atomic E-state index is 5.46. The number of aliphatic imine (C=N–C) groups is 1. The Bertz CT molecular complexity index is 370. The average Bonchev–Trinajstić information content (AvgIpc) is 2.33. The Hall–Kier alpha value is -1.55. The Balaban J connectivity index is 2.32. The van der Waals surface area contributed by atoms with Gasteiger partial charge in [-0.1, -0.05) is 31.4 Å². The lowest BCUT2D eigenvalue weighted by molar-refractivity contribution is 0.618. The topological polar surface area (TPSA) is 90.4 Å². The van der Waals surface area contributed by atoms with E-state index < -0.39 is 0 Å². The van der Waals surface area contributed by atoms with Gasteiger partial charge in [-0.2, -0.15) is 0 Å². The smallest absolute Gasteiger partial charge is 0.191 e. The lowest BCUT2D eigenvalue weighted by Gasteiger charge is -2.03. The van der Waals surface area contributed by atoms with Gasteiger partial charge >= 0.3 is 0 Å². The fourth-order valence-electron chi connectivity index (χ4n) is 1.93. The van der Waals surface area contributed by atoms with Gasteiger partial charge in [-0.3, -0.25) is 0 Å². The highest BCUT2D eigenvalue weighted by Gasteiger charge is 1.96. The first kappa shape index (κ1) is 14.5.